The van der Waals surface area contributed by atoms with Crippen LogP contribution in [0.25, 0.3) is 0 Å². The van der Waals surface area contributed by atoms with Crippen molar-refractivity contribution in [1.82, 2.24) is 9.78 Å². The molecule has 0 aliphatic carbocycles. The van der Waals surface area contributed by atoms with Crippen molar-refractivity contribution in [2.24, 2.45) is 7.05 Å². The van der Waals surface area contributed by atoms with E-state index in [-0.39, 0.29) is 0 Å². The molecule has 0 amide bonds. The van der Waals surface area contributed by atoms with Gasteiger partial charge in [0.15, 0.2) is 0 Å². The van der Waals surface area contributed by atoms with Crippen LogP contribution in [0.4, 0.5) is 5.69 Å². The Kier molecular flexibility index (Phi) is 3.01. The zero-order valence-corrected chi connectivity index (χ0v) is 9.60. The highest BCUT2D eigenvalue weighted by Gasteiger charge is 2.14. The first-order valence-electron chi connectivity index (χ1n) is 5.10. The maximum atomic E-state index is 4.23. The minimum absolute atomic E-state index is 0.652. The standard InChI is InChI=1S/C10H17N3S/c1-8-10(7-11-13(8)2)12-9-3-5-14-6-4-9/h7,9,12H,3-6H2,1-2H3. The number of hydrogen-bond acceptors (Lipinski definition) is 3. The number of thioether (sulfide) groups is 1. The molecule has 3 nitrogen and oxygen atoms in total. The molecule has 1 N–H and O–H groups in total. The molecule has 2 heterocycles. The third-order valence-corrected chi connectivity index (χ3v) is 3.86. The summed E-state index contributed by atoms with van der Waals surface area (Å²) in [4.78, 5) is 0. The molecule has 0 radical (unpaired) electrons. The van der Waals surface area contributed by atoms with E-state index in [9.17, 15) is 0 Å². The van der Waals surface area contributed by atoms with Gasteiger partial charge in [0.2, 0.25) is 0 Å². The van der Waals surface area contributed by atoms with Gasteiger partial charge in [0.25, 0.3) is 0 Å². The lowest BCUT2D eigenvalue weighted by Gasteiger charge is -2.23. The molecule has 1 fully saturated rings. The monoisotopic (exact) mass is 211 g/mol. The van der Waals surface area contributed by atoms with Crippen molar-refractivity contribution in [2.75, 3.05) is 16.8 Å². The van der Waals surface area contributed by atoms with E-state index in [0.29, 0.717) is 6.04 Å². The number of aromatic nitrogens is 2. The molecule has 78 valence electrons. The van der Waals surface area contributed by atoms with Crippen molar-refractivity contribution in [1.29, 1.82) is 0 Å². The van der Waals surface area contributed by atoms with E-state index in [1.807, 2.05) is 17.9 Å². The maximum Gasteiger partial charge on any atom is 0.0758 e. The molecule has 0 aromatic carbocycles. The second kappa shape index (κ2) is 4.26. The SMILES string of the molecule is Cc1c(NC2CCSCC2)cnn1C. The van der Waals surface area contributed by atoms with E-state index < -0.39 is 0 Å². The van der Waals surface area contributed by atoms with Crippen LogP contribution in [0.1, 0.15) is 18.5 Å². The fourth-order valence-corrected chi connectivity index (χ4v) is 2.81. The van der Waals surface area contributed by atoms with E-state index in [1.165, 1.54) is 35.7 Å². The first kappa shape index (κ1) is 9.90. The zero-order chi connectivity index (χ0) is 9.97. The van der Waals surface area contributed by atoms with Crippen molar-refractivity contribution >= 4 is 17.4 Å². The summed E-state index contributed by atoms with van der Waals surface area (Å²) in [6.45, 7) is 2.10. The van der Waals surface area contributed by atoms with Crippen molar-refractivity contribution < 1.29 is 0 Å². The Morgan fingerprint density at radius 1 is 1.50 bits per heavy atom. The quantitative estimate of drug-likeness (QED) is 0.812. The molecular weight excluding hydrogens is 194 g/mol. The van der Waals surface area contributed by atoms with Crippen LogP contribution >= 0.6 is 11.8 Å². The summed E-state index contributed by atoms with van der Waals surface area (Å²) in [5, 5.41) is 7.80. The molecule has 1 aliphatic rings. The molecule has 0 bridgehead atoms. The van der Waals surface area contributed by atoms with Crippen LogP contribution in [0.3, 0.4) is 0 Å². The van der Waals surface area contributed by atoms with Crippen molar-refractivity contribution in [2.45, 2.75) is 25.8 Å². The largest absolute Gasteiger partial charge is 0.379 e. The molecule has 0 saturated carbocycles. The summed E-state index contributed by atoms with van der Waals surface area (Å²) in [5.74, 6) is 2.58. The van der Waals surface area contributed by atoms with Gasteiger partial charge in [0.1, 0.15) is 0 Å². The highest BCUT2D eigenvalue weighted by molar-refractivity contribution is 7.99. The third kappa shape index (κ3) is 2.05. The fraction of sp³-hybridized carbons (Fsp3) is 0.700. The summed E-state index contributed by atoms with van der Waals surface area (Å²) >= 11 is 2.06. The van der Waals surface area contributed by atoms with Gasteiger partial charge >= 0.3 is 0 Å². The Balaban J connectivity index is 1.99. The number of rotatable bonds is 2. The van der Waals surface area contributed by atoms with Gasteiger partial charge in [0.05, 0.1) is 17.6 Å². The number of aryl methyl sites for hydroxylation is 1. The average molecular weight is 211 g/mol. The Morgan fingerprint density at radius 2 is 2.21 bits per heavy atom. The zero-order valence-electron chi connectivity index (χ0n) is 8.79. The highest BCUT2D eigenvalue weighted by atomic mass is 32.2. The van der Waals surface area contributed by atoms with Crippen LogP contribution in [-0.4, -0.2) is 27.3 Å². The molecule has 1 aliphatic heterocycles. The second-order valence-corrected chi connectivity index (χ2v) is 5.02. The van der Waals surface area contributed by atoms with Gasteiger partial charge in [-0.1, -0.05) is 0 Å². The van der Waals surface area contributed by atoms with Crippen molar-refractivity contribution in [3.8, 4) is 0 Å². The number of hydrogen-bond donors (Lipinski definition) is 1. The number of nitrogens with zero attached hydrogens (tertiary/aromatic N) is 2. The number of nitrogens with one attached hydrogen (secondary N) is 1. The van der Waals surface area contributed by atoms with Crippen LogP contribution in [0, 0.1) is 6.92 Å². The van der Waals surface area contributed by atoms with Crippen LogP contribution in [0.2, 0.25) is 0 Å². The van der Waals surface area contributed by atoms with Gasteiger partial charge in [0, 0.05) is 13.1 Å². The maximum absolute atomic E-state index is 4.23. The molecule has 1 aromatic heterocycles. The van der Waals surface area contributed by atoms with Gasteiger partial charge < -0.3 is 5.32 Å². The van der Waals surface area contributed by atoms with E-state index in [2.05, 4.69) is 29.1 Å². The van der Waals surface area contributed by atoms with Gasteiger partial charge in [-0.25, -0.2) is 0 Å². The molecule has 0 spiro atoms. The van der Waals surface area contributed by atoms with E-state index in [1.54, 1.807) is 0 Å². The highest BCUT2D eigenvalue weighted by Crippen LogP contribution is 2.22. The molecule has 1 aromatic rings. The number of anilines is 1. The van der Waals surface area contributed by atoms with Gasteiger partial charge in [-0.05, 0) is 31.3 Å². The molecule has 4 heteroatoms. The fourth-order valence-electron chi connectivity index (χ4n) is 1.70. The molecule has 0 unspecified atom stereocenters. The summed E-state index contributed by atoms with van der Waals surface area (Å²) < 4.78 is 1.92. The van der Waals surface area contributed by atoms with E-state index >= 15 is 0 Å². The van der Waals surface area contributed by atoms with Gasteiger partial charge in [-0.3, -0.25) is 4.68 Å². The molecule has 14 heavy (non-hydrogen) atoms. The Bertz CT molecular complexity index is 302. The minimum atomic E-state index is 0.652. The summed E-state index contributed by atoms with van der Waals surface area (Å²) in [5.41, 5.74) is 2.42. The van der Waals surface area contributed by atoms with Gasteiger partial charge in [-0.15, -0.1) is 0 Å². The third-order valence-electron chi connectivity index (χ3n) is 2.82. The van der Waals surface area contributed by atoms with E-state index in [0.717, 1.165) is 0 Å². The normalized spacial score (nSPS) is 18.4. The van der Waals surface area contributed by atoms with Crippen LogP contribution in [-0.2, 0) is 7.05 Å². The van der Waals surface area contributed by atoms with Gasteiger partial charge in [-0.2, -0.15) is 16.9 Å². The Labute approximate surface area is 89.3 Å². The molecule has 2 rings (SSSR count). The first-order valence-corrected chi connectivity index (χ1v) is 6.25. The van der Waals surface area contributed by atoms with Crippen LogP contribution < -0.4 is 5.32 Å². The smallest absolute Gasteiger partial charge is 0.0758 e. The lowest BCUT2D eigenvalue weighted by Crippen LogP contribution is -2.24. The topological polar surface area (TPSA) is 29.9 Å². The second-order valence-electron chi connectivity index (χ2n) is 3.80. The average Bonchev–Trinajstić information content (AvgIpc) is 2.52. The lowest BCUT2D eigenvalue weighted by atomic mass is 10.1. The molecule has 1 saturated heterocycles. The summed E-state index contributed by atoms with van der Waals surface area (Å²) in [6, 6.07) is 0.652. The van der Waals surface area contributed by atoms with Crippen molar-refractivity contribution in [3.05, 3.63) is 11.9 Å². The van der Waals surface area contributed by atoms with E-state index in [4.69, 9.17) is 0 Å². The molecular formula is C10H17N3S. The Morgan fingerprint density at radius 3 is 2.79 bits per heavy atom. The Hall–Kier alpha value is -0.640. The first-order chi connectivity index (χ1) is 6.77. The van der Waals surface area contributed by atoms with Crippen LogP contribution in [0.5, 0.6) is 0 Å². The minimum Gasteiger partial charge on any atom is -0.379 e. The predicted molar refractivity (Wildman–Crippen MR) is 61.9 cm³/mol. The summed E-state index contributed by atoms with van der Waals surface area (Å²) in [6.07, 6.45) is 4.48. The molecule has 0 atom stereocenters. The predicted octanol–water partition coefficient (Wildman–Crippen LogP) is 2.04. The lowest BCUT2D eigenvalue weighted by molar-refractivity contribution is 0.665. The van der Waals surface area contributed by atoms with Crippen molar-refractivity contribution in [3.63, 3.8) is 0 Å². The van der Waals surface area contributed by atoms with Crippen LogP contribution in [0.15, 0.2) is 6.20 Å². The summed E-state index contributed by atoms with van der Waals surface area (Å²) in [7, 11) is 1.98.